The van der Waals surface area contributed by atoms with Gasteiger partial charge in [-0.3, -0.25) is 9.63 Å². The standard InChI is InChI=1S/C8H13NO5/c10-7(5-13-6-8(11)12)9-3-1-2-4-14-9/h1-6H2,(H,11,12). The van der Waals surface area contributed by atoms with Crippen molar-refractivity contribution in [3.8, 4) is 0 Å². The second kappa shape index (κ2) is 5.56. The van der Waals surface area contributed by atoms with Crippen molar-refractivity contribution in [1.29, 1.82) is 0 Å². The first-order valence-electron chi connectivity index (χ1n) is 4.43. The molecule has 1 aliphatic heterocycles. The molecule has 0 radical (unpaired) electrons. The Hall–Kier alpha value is -1.14. The molecule has 0 bridgehead atoms. The van der Waals surface area contributed by atoms with Crippen molar-refractivity contribution < 1.29 is 24.3 Å². The summed E-state index contributed by atoms with van der Waals surface area (Å²) in [6, 6.07) is 0. The molecule has 0 saturated carbocycles. The van der Waals surface area contributed by atoms with Gasteiger partial charge in [-0.2, -0.15) is 0 Å². The number of carboxylic acids is 1. The van der Waals surface area contributed by atoms with Crippen molar-refractivity contribution >= 4 is 11.9 Å². The Morgan fingerprint density at radius 2 is 2.14 bits per heavy atom. The molecule has 0 unspecified atom stereocenters. The molecule has 0 aliphatic carbocycles. The third-order valence-electron chi connectivity index (χ3n) is 1.73. The fraction of sp³-hybridized carbons (Fsp3) is 0.750. The molecule has 0 spiro atoms. The lowest BCUT2D eigenvalue weighted by atomic mass is 10.3. The van der Waals surface area contributed by atoms with Crippen LogP contribution in [0.3, 0.4) is 0 Å². The highest BCUT2D eigenvalue weighted by atomic mass is 16.7. The molecule has 1 rings (SSSR count). The summed E-state index contributed by atoms with van der Waals surface area (Å²) >= 11 is 0. The molecule has 1 N–H and O–H groups in total. The zero-order chi connectivity index (χ0) is 10.4. The van der Waals surface area contributed by atoms with E-state index >= 15 is 0 Å². The van der Waals surface area contributed by atoms with E-state index in [0.29, 0.717) is 13.2 Å². The van der Waals surface area contributed by atoms with Crippen LogP contribution >= 0.6 is 0 Å². The van der Waals surface area contributed by atoms with Gasteiger partial charge in [-0.1, -0.05) is 0 Å². The van der Waals surface area contributed by atoms with Crippen LogP contribution in [-0.4, -0.2) is 48.4 Å². The number of carboxylic acid groups (broad SMARTS) is 1. The first kappa shape index (κ1) is 10.9. The second-order valence-electron chi connectivity index (χ2n) is 2.92. The molecule has 0 aromatic carbocycles. The van der Waals surface area contributed by atoms with Gasteiger partial charge in [0, 0.05) is 6.54 Å². The first-order valence-corrected chi connectivity index (χ1v) is 4.43. The highest BCUT2D eigenvalue weighted by Crippen LogP contribution is 2.05. The molecule has 14 heavy (non-hydrogen) atoms. The van der Waals surface area contributed by atoms with Crippen molar-refractivity contribution in [2.24, 2.45) is 0 Å². The van der Waals surface area contributed by atoms with Gasteiger partial charge in [-0.05, 0) is 12.8 Å². The van der Waals surface area contributed by atoms with Crippen LogP contribution in [0.15, 0.2) is 0 Å². The summed E-state index contributed by atoms with van der Waals surface area (Å²) in [5.74, 6) is -1.41. The van der Waals surface area contributed by atoms with Gasteiger partial charge in [0.25, 0.3) is 5.91 Å². The van der Waals surface area contributed by atoms with Crippen LogP contribution in [0.25, 0.3) is 0 Å². The molecular weight excluding hydrogens is 190 g/mol. The van der Waals surface area contributed by atoms with Crippen LogP contribution in [0.1, 0.15) is 12.8 Å². The van der Waals surface area contributed by atoms with E-state index in [1.54, 1.807) is 0 Å². The van der Waals surface area contributed by atoms with Gasteiger partial charge in [0.05, 0.1) is 6.61 Å². The van der Waals surface area contributed by atoms with E-state index in [1.807, 2.05) is 0 Å². The number of hydroxylamine groups is 2. The Morgan fingerprint density at radius 1 is 1.36 bits per heavy atom. The van der Waals surface area contributed by atoms with Gasteiger partial charge >= 0.3 is 5.97 Å². The summed E-state index contributed by atoms with van der Waals surface area (Å²) in [5, 5.41) is 9.48. The Balaban J connectivity index is 2.16. The van der Waals surface area contributed by atoms with Crippen LogP contribution in [-0.2, 0) is 19.2 Å². The quantitative estimate of drug-likeness (QED) is 0.675. The Morgan fingerprint density at radius 3 is 2.71 bits per heavy atom. The van der Waals surface area contributed by atoms with E-state index in [2.05, 4.69) is 4.74 Å². The Bertz CT molecular complexity index is 212. The van der Waals surface area contributed by atoms with Gasteiger partial charge in [-0.15, -0.1) is 0 Å². The summed E-state index contributed by atoms with van der Waals surface area (Å²) in [7, 11) is 0. The molecule has 80 valence electrons. The van der Waals surface area contributed by atoms with Gasteiger partial charge < -0.3 is 9.84 Å². The topological polar surface area (TPSA) is 76.1 Å². The van der Waals surface area contributed by atoms with E-state index in [0.717, 1.165) is 12.8 Å². The molecule has 0 aromatic rings. The Kier molecular flexibility index (Phi) is 4.34. The number of aliphatic carboxylic acids is 1. The number of amides is 1. The zero-order valence-electron chi connectivity index (χ0n) is 7.77. The van der Waals surface area contributed by atoms with Crippen molar-refractivity contribution in [2.45, 2.75) is 12.8 Å². The smallest absolute Gasteiger partial charge is 0.329 e. The SMILES string of the molecule is O=C(O)COCC(=O)N1CCCCO1. The summed E-state index contributed by atoms with van der Waals surface area (Å²) in [4.78, 5) is 26.4. The number of rotatable bonds is 4. The average Bonchev–Trinajstić information content (AvgIpc) is 2.18. The molecule has 0 atom stereocenters. The maximum atomic E-state index is 11.3. The van der Waals surface area contributed by atoms with Crippen LogP contribution < -0.4 is 0 Å². The largest absolute Gasteiger partial charge is 0.480 e. The highest BCUT2D eigenvalue weighted by molar-refractivity contribution is 5.77. The maximum Gasteiger partial charge on any atom is 0.329 e. The molecule has 6 heteroatoms. The van der Waals surface area contributed by atoms with E-state index in [-0.39, 0.29) is 12.5 Å². The van der Waals surface area contributed by atoms with Crippen LogP contribution in [0.2, 0.25) is 0 Å². The van der Waals surface area contributed by atoms with Crippen molar-refractivity contribution in [1.82, 2.24) is 5.06 Å². The molecule has 1 saturated heterocycles. The lowest BCUT2D eigenvalue weighted by Crippen LogP contribution is -2.38. The van der Waals surface area contributed by atoms with Gasteiger partial charge in [0.1, 0.15) is 13.2 Å². The fourth-order valence-corrected chi connectivity index (χ4v) is 1.09. The summed E-state index contributed by atoms with van der Waals surface area (Å²) in [6.07, 6.45) is 1.85. The first-order chi connectivity index (χ1) is 6.70. The molecular formula is C8H13NO5. The minimum atomic E-state index is -1.09. The highest BCUT2D eigenvalue weighted by Gasteiger charge is 2.17. The number of carbonyl (C=O) groups is 2. The minimum Gasteiger partial charge on any atom is -0.480 e. The molecule has 6 nitrogen and oxygen atoms in total. The third kappa shape index (κ3) is 3.71. The van der Waals surface area contributed by atoms with Gasteiger partial charge in [0.15, 0.2) is 0 Å². The molecule has 1 fully saturated rings. The summed E-state index contributed by atoms with van der Waals surface area (Å²) in [6.45, 7) is 0.381. The molecule has 1 aliphatic rings. The number of hydrogen-bond acceptors (Lipinski definition) is 4. The molecule has 0 aromatic heterocycles. The van der Waals surface area contributed by atoms with E-state index in [1.165, 1.54) is 5.06 Å². The van der Waals surface area contributed by atoms with Crippen molar-refractivity contribution in [2.75, 3.05) is 26.4 Å². The van der Waals surface area contributed by atoms with Crippen molar-refractivity contribution in [3.63, 3.8) is 0 Å². The second-order valence-corrected chi connectivity index (χ2v) is 2.92. The lowest BCUT2D eigenvalue weighted by molar-refractivity contribution is -0.201. The van der Waals surface area contributed by atoms with E-state index < -0.39 is 12.6 Å². The van der Waals surface area contributed by atoms with Crippen LogP contribution in [0.5, 0.6) is 0 Å². The predicted octanol–water partition coefficient (Wildman–Crippen LogP) is -0.358. The normalized spacial score (nSPS) is 16.7. The number of nitrogens with zero attached hydrogens (tertiary/aromatic N) is 1. The predicted molar refractivity (Wildman–Crippen MR) is 45.4 cm³/mol. The van der Waals surface area contributed by atoms with Gasteiger partial charge in [-0.25, -0.2) is 9.86 Å². The monoisotopic (exact) mass is 203 g/mol. The van der Waals surface area contributed by atoms with E-state index in [9.17, 15) is 9.59 Å². The molecule has 1 heterocycles. The van der Waals surface area contributed by atoms with Crippen molar-refractivity contribution in [3.05, 3.63) is 0 Å². The van der Waals surface area contributed by atoms with E-state index in [4.69, 9.17) is 9.94 Å². The maximum absolute atomic E-state index is 11.3. The third-order valence-corrected chi connectivity index (χ3v) is 1.73. The lowest BCUT2D eigenvalue weighted by Gasteiger charge is -2.25. The van der Waals surface area contributed by atoms with Crippen LogP contribution in [0, 0.1) is 0 Å². The number of hydrogen-bond donors (Lipinski definition) is 1. The summed E-state index contributed by atoms with van der Waals surface area (Å²) in [5.41, 5.74) is 0. The molecule has 1 amide bonds. The Labute approximate surface area is 81.3 Å². The summed E-state index contributed by atoms with van der Waals surface area (Å²) < 4.78 is 4.64. The fourth-order valence-electron chi connectivity index (χ4n) is 1.09. The van der Waals surface area contributed by atoms with Crippen LogP contribution in [0.4, 0.5) is 0 Å². The average molecular weight is 203 g/mol. The number of ether oxygens (including phenoxy) is 1. The van der Waals surface area contributed by atoms with Gasteiger partial charge in [0.2, 0.25) is 0 Å². The minimum absolute atomic E-state index is 0.244. The zero-order valence-corrected chi connectivity index (χ0v) is 7.77. The number of carbonyl (C=O) groups excluding carboxylic acids is 1.